The Hall–Kier alpha value is -1.63. The fraction of sp³-hybridized carbons (Fsp3) is 0.750. The lowest BCUT2D eigenvalue weighted by Gasteiger charge is -2.23. The number of aliphatic hydroxyl groups is 1. The highest BCUT2D eigenvalue weighted by atomic mass is 16.3. The van der Waals surface area contributed by atoms with E-state index < -0.39 is 0 Å². The first kappa shape index (κ1) is 13.8. The molecule has 1 aliphatic carbocycles. The second-order valence-electron chi connectivity index (χ2n) is 4.83. The van der Waals surface area contributed by atoms with Crippen LogP contribution in [-0.2, 0) is 0 Å². The van der Waals surface area contributed by atoms with E-state index in [1.165, 1.54) is 0 Å². The van der Waals surface area contributed by atoms with Crippen LogP contribution in [0.15, 0.2) is 0 Å². The lowest BCUT2D eigenvalue weighted by Crippen LogP contribution is -2.31. The first-order valence-electron chi connectivity index (χ1n) is 6.70. The second kappa shape index (κ2) is 6.01. The van der Waals surface area contributed by atoms with Crippen LogP contribution in [0.1, 0.15) is 19.8 Å². The van der Waals surface area contributed by atoms with E-state index in [0.29, 0.717) is 30.4 Å². The fourth-order valence-corrected chi connectivity index (χ4v) is 1.86. The zero-order valence-corrected chi connectivity index (χ0v) is 11.8. The first-order valence-corrected chi connectivity index (χ1v) is 6.70. The van der Waals surface area contributed by atoms with E-state index in [0.717, 1.165) is 19.4 Å². The van der Waals surface area contributed by atoms with Gasteiger partial charge < -0.3 is 20.2 Å². The largest absolute Gasteiger partial charge is 0.395 e. The number of hydrogen-bond donors (Lipinski definition) is 2. The third-order valence-corrected chi connectivity index (χ3v) is 2.93. The predicted octanol–water partition coefficient (Wildman–Crippen LogP) is 0.330. The molecule has 2 rings (SSSR count). The smallest absolute Gasteiger partial charge is 0.232 e. The van der Waals surface area contributed by atoms with Gasteiger partial charge in [-0.2, -0.15) is 15.0 Å². The van der Waals surface area contributed by atoms with Crippen molar-refractivity contribution >= 4 is 17.8 Å². The van der Waals surface area contributed by atoms with E-state index in [1.54, 1.807) is 0 Å². The summed E-state index contributed by atoms with van der Waals surface area (Å²) in [7, 11) is 3.81. The average Bonchev–Trinajstić information content (AvgIpc) is 3.20. The van der Waals surface area contributed by atoms with Crippen LogP contribution in [0.5, 0.6) is 0 Å². The summed E-state index contributed by atoms with van der Waals surface area (Å²) in [5.41, 5.74) is 0. The van der Waals surface area contributed by atoms with Gasteiger partial charge in [-0.3, -0.25) is 0 Å². The Morgan fingerprint density at radius 1 is 1.21 bits per heavy atom. The molecule has 7 nitrogen and oxygen atoms in total. The average molecular weight is 266 g/mol. The molecule has 1 fully saturated rings. The lowest BCUT2D eigenvalue weighted by atomic mass is 10.5. The predicted molar refractivity (Wildman–Crippen MR) is 75.8 cm³/mol. The van der Waals surface area contributed by atoms with Gasteiger partial charge >= 0.3 is 0 Å². The van der Waals surface area contributed by atoms with Gasteiger partial charge in [0.1, 0.15) is 0 Å². The van der Waals surface area contributed by atoms with Gasteiger partial charge in [0.2, 0.25) is 17.8 Å². The quantitative estimate of drug-likeness (QED) is 0.736. The zero-order valence-electron chi connectivity index (χ0n) is 11.8. The van der Waals surface area contributed by atoms with Crippen molar-refractivity contribution in [3.63, 3.8) is 0 Å². The standard InChI is InChI=1S/C12H22N6O/c1-4-13-10-14-11(17(2)3)16-12(15-10)18(7-8-19)9-5-6-9/h9,19H,4-8H2,1-3H3,(H,13,14,15,16). The Morgan fingerprint density at radius 3 is 2.42 bits per heavy atom. The van der Waals surface area contributed by atoms with Crippen molar-refractivity contribution < 1.29 is 5.11 Å². The molecule has 1 saturated carbocycles. The topological polar surface area (TPSA) is 77.4 Å². The number of nitrogens with zero attached hydrogens (tertiary/aromatic N) is 5. The molecule has 1 heterocycles. The zero-order chi connectivity index (χ0) is 13.8. The first-order chi connectivity index (χ1) is 9.15. The number of hydrogen-bond acceptors (Lipinski definition) is 7. The number of aromatic nitrogens is 3. The second-order valence-corrected chi connectivity index (χ2v) is 4.83. The Bertz CT molecular complexity index is 421. The van der Waals surface area contributed by atoms with Crippen molar-refractivity contribution in [2.24, 2.45) is 0 Å². The summed E-state index contributed by atoms with van der Waals surface area (Å²) in [6, 6.07) is 0.457. The van der Waals surface area contributed by atoms with Crippen molar-refractivity contribution in [1.29, 1.82) is 0 Å². The van der Waals surface area contributed by atoms with Crippen LogP contribution in [0.2, 0.25) is 0 Å². The Morgan fingerprint density at radius 2 is 1.89 bits per heavy atom. The van der Waals surface area contributed by atoms with Crippen LogP contribution in [0.25, 0.3) is 0 Å². The summed E-state index contributed by atoms with van der Waals surface area (Å²) in [5.74, 6) is 1.86. The van der Waals surface area contributed by atoms with Crippen molar-refractivity contribution in [3.8, 4) is 0 Å². The summed E-state index contributed by atoms with van der Waals surface area (Å²) in [6.45, 7) is 3.44. The van der Waals surface area contributed by atoms with Gasteiger partial charge in [0.05, 0.1) is 6.61 Å². The van der Waals surface area contributed by atoms with Gasteiger partial charge in [-0.25, -0.2) is 0 Å². The van der Waals surface area contributed by atoms with E-state index in [9.17, 15) is 5.11 Å². The molecule has 19 heavy (non-hydrogen) atoms. The Labute approximate surface area is 113 Å². The van der Waals surface area contributed by atoms with Crippen LogP contribution in [0.4, 0.5) is 17.8 Å². The van der Waals surface area contributed by atoms with Crippen LogP contribution in [0, 0.1) is 0 Å². The van der Waals surface area contributed by atoms with E-state index in [4.69, 9.17) is 0 Å². The summed E-state index contributed by atoms with van der Waals surface area (Å²) in [6.07, 6.45) is 2.28. The molecule has 0 atom stereocenters. The third-order valence-electron chi connectivity index (χ3n) is 2.93. The fourth-order valence-electron chi connectivity index (χ4n) is 1.86. The van der Waals surface area contributed by atoms with Crippen LogP contribution < -0.4 is 15.1 Å². The van der Waals surface area contributed by atoms with Crippen LogP contribution in [0.3, 0.4) is 0 Å². The number of anilines is 3. The summed E-state index contributed by atoms with van der Waals surface area (Å²) < 4.78 is 0. The molecule has 0 saturated heterocycles. The Kier molecular flexibility index (Phi) is 4.36. The SMILES string of the molecule is CCNc1nc(N(C)C)nc(N(CCO)C2CC2)n1. The molecule has 0 amide bonds. The molecule has 0 radical (unpaired) electrons. The summed E-state index contributed by atoms with van der Waals surface area (Å²) in [5, 5.41) is 12.3. The normalized spacial score (nSPS) is 14.3. The van der Waals surface area contributed by atoms with Gasteiger partial charge in [-0.15, -0.1) is 0 Å². The van der Waals surface area contributed by atoms with Crippen molar-refractivity contribution in [2.75, 3.05) is 48.9 Å². The number of nitrogens with one attached hydrogen (secondary N) is 1. The maximum Gasteiger partial charge on any atom is 0.232 e. The highest BCUT2D eigenvalue weighted by Gasteiger charge is 2.31. The third kappa shape index (κ3) is 3.44. The highest BCUT2D eigenvalue weighted by Crippen LogP contribution is 2.30. The van der Waals surface area contributed by atoms with Gasteiger partial charge in [-0.1, -0.05) is 0 Å². The van der Waals surface area contributed by atoms with E-state index in [1.807, 2.05) is 25.9 Å². The minimum atomic E-state index is 0.107. The van der Waals surface area contributed by atoms with Crippen LogP contribution >= 0.6 is 0 Å². The van der Waals surface area contributed by atoms with Crippen molar-refractivity contribution in [2.45, 2.75) is 25.8 Å². The molecule has 2 N–H and O–H groups in total. The molecule has 1 aliphatic rings. The molecule has 106 valence electrons. The molecular formula is C12H22N6O. The van der Waals surface area contributed by atoms with Gasteiger partial charge in [0.25, 0.3) is 0 Å². The molecule has 0 bridgehead atoms. The molecule has 0 unspecified atom stereocenters. The van der Waals surface area contributed by atoms with Gasteiger partial charge in [0.15, 0.2) is 0 Å². The van der Waals surface area contributed by atoms with Crippen molar-refractivity contribution in [1.82, 2.24) is 15.0 Å². The van der Waals surface area contributed by atoms with Gasteiger partial charge in [0, 0.05) is 33.2 Å². The molecule has 1 aromatic heterocycles. The molecule has 0 spiro atoms. The van der Waals surface area contributed by atoms with Crippen LogP contribution in [-0.4, -0.2) is 59.9 Å². The van der Waals surface area contributed by atoms with Gasteiger partial charge in [-0.05, 0) is 19.8 Å². The summed E-state index contributed by atoms with van der Waals surface area (Å²) in [4.78, 5) is 17.2. The number of aliphatic hydroxyl groups excluding tert-OH is 1. The maximum absolute atomic E-state index is 9.19. The highest BCUT2D eigenvalue weighted by molar-refractivity contribution is 5.45. The molecule has 1 aromatic rings. The minimum absolute atomic E-state index is 0.107. The molecule has 0 aromatic carbocycles. The Balaban J connectivity index is 2.30. The monoisotopic (exact) mass is 266 g/mol. The van der Waals surface area contributed by atoms with E-state index >= 15 is 0 Å². The minimum Gasteiger partial charge on any atom is -0.395 e. The maximum atomic E-state index is 9.19. The molecular weight excluding hydrogens is 244 g/mol. The lowest BCUT2D eigenvalue weighted by molar-refractivity contribution is 0.300. The molecule has 7 heteroatoms. The van der Waals surface area contributed by atoms with Crippen molar-refractivity contribution in [3.05, 3.63) is 0 Å². The summed E-state index contributed by atoms with van der Waals surface area (Å²) >= 11 is 0. The van der Waals surface area contributed by atoms with E-state index in [2.05, 4.69) is 25.2 Å². The number of rotatable bonds is 7. The van der Waals surface area contributed by atoms with E-state index in [-0.39, 0.29) is 6.61 Å². The molecule has 0 aliphatic heterocycles.